The highest BCUT2D eigenvalue weighted by atomic mass is 35.5. The maximum absolute atomic E-state index is 12.5. The van der Waals surface area contributed by atoms with Gasteiger partial charge in [0.2, 0.25) is 10.0 Å². The highest BCUT2D eigenvalue weighted by Gasteiger charge is 2.40. The zero-order chi connectivity index (χ0) is 15.8. The van der Waals surface area contributed by atoms with Crippen LogP contribution in [0.2, 0.25) is 5.02 Å². The number of nitrogens with one attached hydrogen (secondary N) is 1. The minimum Gasteiger partial charge on any atom is -0.398 e. The van der Waals surface area contributed by atoms with E-state index < -0.39 is 10.0 Å². The SMILES string of the molecule is Cc1c(N)cc(Cl)cc1S(=O)(=O)NCC1(N(C)C)CCC1. The van der Waals surface area contributed by atoms with Crippen molar-refractivity contribution in [3.8, 4) is 0 Å². The fourth-order valence-corrected chi connectivity index (χ4v) is 4.34. The third-order valence-electron chi connectivity index (χ3n) is 4.48. The van der Waals surface area contributed by atoms with Crippen LogP contribution in [0.4, 0.5) is 5.69 Å². The molecular formula is C14H22ClN3O2S. The normalized spacial score (nSPS) is 17.8. The molecule has 1 aliphatic carbocycles. The standard InChI is InChI=1S/C14H22ClN3O2S/c1-10-12(16)7-11(15)8-13(10)21(19,20)17-9-14(18(2)3)5-4-6-14/h7-8,17H,4-6,9,16H2,1-3H3. The van der Waals surface area contributed by atoms with Crippen LogP contribution in [-0.2, 0) is 10.0 Å². The van der Waals surface area contributed by atoms with Gasteiger partial charge >= 0.3 is 0 Å². The summed E-state index contributed by atoms with van der Waals surface area (Å²) >= 11 is 5.93. The topological polar surface area (TPSA) is 75.4 Å². The third-order valence-corrected chi connectivity index (χ3v) is 6.22. The molecule has 1 fully saturated rings. The van der Waals surface area contributed by atoms with Gasteiger partial charge in [-0.1, -0.05) is 11.6 Å². The highest BCUT2D eigenvalue weighted by molar-refractivity contribution is 7.89. The molecule has 0 aromatic heterocycles. The van der Waals surface area contributed by atoms with E-state index in [2.05, 4.69) is 9.62 Å². The second kappa shape index (κ2) is 5.76. The molecule has 1 aromatic carbocycles. The average Bonchev–Trinajstić information content (AvgIpc) is 2.31. The van der Waals surface area contributed by atoms with Crippen molar-refractivity contribution < 1.29 is 8.42 Å². The highest BCUT2D eigenvalue weighted by Crippen LogP contribution is 2.36. The van der Waals surface area contributed by atoms with Crippen molar-refractivity contribution in [3.05, 3.63) is 22.7 Å². The summed E-state index contributed by atoms with van der Waals surface area (Å²) in [6, 6.07) is 3.00. The molecule has 0 unspecified atom stereocenters. The van der Waals surface area contributed by atoms with E-state index in [1.807, 2.05) is 14.1 Å². The van der Waals surface area contributed by atoms with Gasteiger partial charge in [-0.25, -0.2) is 13.1 Å². The Hall–Kier alpha value is -0.820. The predicted molar refractivity (Wildman–Crippen MR) is 86.1 cm³/mol. The van der Waals surface area contributed by atoms with Crippen molar-refractivity contribution in [1.29, 1.82) is 0 Å². The van der Waals surface area contributed by atoms with Crippen molar-refractivity contribution in [3.63, 3.8) is 0 Å². The minimum absolute atomic E-state index is 0.0783. The number of sulfonamides is 1. The van der Waals surface area contributed by atoms with Gasteiger partial charge in [0.05, 0.1) is 4.90 Å². The maximum Gasteiger partial charge on any atom is 0.241 e. The molecule has 0 radical (unpaired) electrons. The van der Waals surface area contributed by atoms with E-state index >= 15 is 0 Å². The molecule has 2 rings (SSSR count). The summed E-state index contributed by atoms with van der Waals surface area (Å²) in [7, 11) is 0.344. The average molecular weight is 332 g/mol. The van der Waals surface area contributed by atoms with Crippen LogP contribution >= 0.6 is 11.6 Å². The van der Waals surface area contributed by atoms with Crippen molar-refractivity contribution in [2.75, 3.05) is 26.4 Å². The van der Waals surface area contributed by atoms with Crippen LogP contribution in [0.1, 0.15) is 24.8 Å². The lowest BCUT2D eigenvalue weighted by molar-refractivity contribution is 0.0657. The molecule has 0 spiro atoms. The summed E-state index contributed by atoms with van der Waals surface area (Å²) in [5.74, 6) is 0. The number of hydrogen-bond donors (Lipinski definition) is 2. The van der Waals surface area contributed by atoms with Crippen LogP contribution in [0.5, 0.6) is 0 Å². The zero-order valence-electron chi connectivity index (χ0n) is 12.6. The number of benzene rings is 1. The molecule has 118 valence electrons. The largest absolute Gasteiger partial charge is 0.398 e. The fraction of sp³-hybridized carbons (Fsp3) is 0.571. The summed E-state index contributed by atoms with van der Waals surface area (Å²) in [6.07, 6.45) is 3.13. The molecule has 0 saturated heterocycles. The fourth-order valence-electron chi connectivity index (χ4n) is 2.63. The van der Waals surface area contributed by atoms with Crippen molar-refractivity contribution in [1.82, 2.24) is 9.62 Å². The van der Waals surface area contributed by atoms with Crippen LogP contribution in [0, 0.1) is 6.92 Å². The Labute approximate surface area is 131 Å². The third kappa shape index (κ3) is 3.18. The Morgan fingerprint density at radius 2 is 2.00 bits per heavy atom. The van der Waals surface area contributed by atoms with Gasteiger partial charge in [0.1, 0.15) is 0 Å². The Balaban J connectivity index is 2.24. The summed E-state index contributed by atoms with van der Waals surface area (Å²) in [5, 5.41) is 0.324. The van der Waals surface area contributed by atoms with Gasteiger partial charge in [0.25, 0.3) is 0 Å². The summed E-state index contributed by atoms with van der Waals surface area (Å²) in [6.45, 7) is 2.08. The van der Waals surface area contributed by atoms with Crippen molar-refractivity contribution in [2.45, 2.75) is 36.6 Å². The van der Waals surface area contributed by atoms with Crippen molar-refractivity contribution in [2.24, 2.45) is 0 Å². The molecule has 3 N–H and O–H groups in total. The van der Waals surface area contributed by atoms with Gasteiger partial charge in [-0.15, -0.1) is 0 Å². The van der Waals surface area contributed by atoms with E-state index in [9.17, 15) is 8.42 Å². The first-order valence-electron chi connectivity index (χ1n) is 6.91. The number of rotatable bonds is 5. The van der Waals surface area contributed by atoms with Crippen LogP contribution in [0.25, 0.3) is 0 Å². The first-order chi connectivity index (χ1) is 9.68. The molecule has 1 aliphatic rings. The Morgan fingerprint density at radius 3 is 2.48 bits per heavy atom. The number of anilines is 1. The lowest BCUT2D eigenvalue weighted by Crippen LogP contribution is -2.57. The smallest absolute Gasteiger partial charge is 0.241 e. The molecule has 0 amide bonds. The molecule has 5 nitrogen and oxygen atoms in total. The van der Waals surface area contributed by atoms with Gasteiger partial charge in [0, 0.05) is 22.8 Å². The molecular weight excluding hydrogens is 310 g/mol. The van der Waals surface area contributed by atoms with Crippen molar-refractivity contribution >= 4 is 27.3 Å². The number of nitrogens with two attached hydrogens (primary N) is 1. The maximum atomic E-state index is 12.5. The molecule has 21 heavy (non-hydrogen) atoms. The molecule has 0 aliphatic heterocycles. The first kappa shape index (κ1) is 16.5. The summed E-state index contributed by atoms with van der Waals surface area (Å²) < 4.78 is 27.8. The molecule has 1 aromatic rings. The second-order valence-electron chi connectivity index (χ2n) is 5.92. The monoisotopic (exact) mass is 331 g/mol. The molecule has 1 saturated carbocycles. The quantitative estimate of drug-likeness (QED) is 0.809. The van der Waals surface area contributed by atoms with Crippen LogP contribution in [0.15, 0.2) is 17.0 Å². The first-order valence-corrected chi connectivity index (χ1v) is 8.77. The van der Waals surface area contributed by atoms with E-state index in [-0.39, 0.29) is 10.4 Å². The summed E-state index contributed by atoms with van der Waals surface area (Å²) in [5.41, 5.74) is 6.63. The van der Waals surface area contributed by atoms with Gasteiger partial charge in [-0.3, -0.25) is 0 Å². The number of nitrogen functional groups attached to an aromatic ring is 1. The van der Waals surface area contributed by atoms with Crippen LogP contribution in [-0.4, -0.2) is 39.5 Å². The Morgan fingerprint density at radius 1 is 1.38 bits per heavy atom. The molecule has 7 heteroatoms. The lowest BCUT2D eigenvalue weighted by Gasteiger charge is -2.47. The number of hydrogen-bond acceptors (Lipinski definition) is 4. The summed E-state index contributed by atoms with van der Waals surface area (Å²) in [4.78, 5) is 2.25. The Bertz CT molecular complexity index is 640. The van der Waals surface area contributed by atoms with Gasteiger partial charge in [-0.2, -0.15) is 0 Å². The molecule has 0 heterocycles. The van der Waals surface area contributed by atoms with Crippen LogP contribution < -0.4 is 10.5 Å². The Kier molecular flexibility index (Phi) is 4.54. The van der Waals surface area contributed by atoms with Gasteiger partial charge in [-0.05, 0) is 58.0 Å². The van der Waals surface area contributed by atoms with Gasteiger partial charge < -0.3 is 10.6 Å². The predicted octanol–water partition coefficient (Wildman–Crippen LogP) is 1.99. The van der Waals surface area contributed by atoms with E-state index in [0.29, 0.717) is 22.8 Å². The second-order valence-corrected chi connectivity index (χ2v) is 8.09. The number of likely N-dealkylation sites (N-methyl/N-ethyl adjacent to an activating group) is 1. The number of halogens is 1. The minimum atomic E-state index is -3.62. The van der Waals surface area contributed by atoms with E-state index in [4.69, 9.17) is 17.3 Å². The molecule has 0 bridgehead atoms. The van der Waals surface area contributed by atoms with E-state index in [1.165, 1.54) is 6.07 Å². The van der Waals surface area contributed by atoms with E-state index in [1.54, 1.807) is 13.0 Å². The molecule has 0 atom stereocenters. The lowest BCUT2D eigenvalue weighted by atomic mass is 9.76. The number of nitrogens with zero attached hydrogens (tertiary/aromatic N) is 1. The van der Waals surface area contributed by atoms with Crippen LogP contribution in [0.3, 0.4) is 0 Å². The van der Waals surface area contributed by atoms with E-state index in [0.717, 1.165) is 19.3 Å². The zero-order valence-corrected chi connectivity index (χ0v) is 14.2. The van der Waals surface area contributed by atoms with Gasteiger partial charge in [0.15, 0.2) is 0 Å².